The largest absolute Gasteiger partial charge is 0.384 e. The summed E-state index contributed by atoms with van der Waals surface area (Å²) >= 11 is 0. The van der Waals surface area contributed by atoms with Crippen molar-refractivity contribution in [2.24, 2.45) is 16.7 Å². The Bertz CT molecular complexity index is 871. The summed E-state index contributed by atoms with van der Waals surface area (Å²) in [5.41, 5.74) is 1.93. The van der Waals surface area contributed by atoms with E-state index in [0.717, 1.165) is 31.7 Å². The molecule has 150 valence electrons. The van der Waals surface area contributed by atoms with Crippen molar-refractivity contribution >= 4 is 5.91 Å². The van der Waals surface area contributed by atoms with Crippen molar-refractivity contribution in [3.8, 4) is 11.4 Å². The van der Waals surface area contributed by atoms with Crippen molar-refractivity contribution in [1.29, 1.82) is 0 Å². The van der Waals surface area contributed by atoms with Crippen molar-refractivity contribution in [3.05, 3.63) is 35.7 Å². The Morgan fingerprint density at radius 2 is 2.04 bits per heavy atom. The Hall–Kier alpha value is -2.21. The molecule has 1 aromatic carbocycles. The van der Waals surface area contributed by atoms with Gasteiger partial charge in [0.05, 0.1) is 6.61 Å². The van der Waals surface area contributed by atoms with E-state index < -0.39 is 0 Å². The lowest BCUT2D eigenvalue weighted by Crippen LogP contribution is -2.55. The van der Waals surface area contributed by atoms with Gasteiger partial charge in [-0.3, -0.25) is 4.79 Å². The average Bonchev–Trinajstić information content (AvgIpc) is 3.25. The van der Waals surface area contributed by atoms with E-state index in [4.69, 9.17) is 9.26 Å². The summed E-state index contributed by atoms with van der Waals surface area (Å²) in [7, 11) is 1.75. The zero-order valence-corrected chi connectivity index (χ0v) is 17.4. The number of rotatable bonds is 5. The molecule has 1 aromatic heterocycles. The Kier molecular flexibility index (Phi) is 4.57. The van der Waals surface area contributed by atoms with Crippen LogP contribution in [-0.2, 0) is 4.74 Å². The number of carbonyl (C=O) groups is 1. The number of aromatic nitrogens is 2. The smallest absolute Gasteiger partial charge is 0.253 e. The highest BCUT2D eigenvalue weighted by molar-refractivity contribution is 5.95. The third-order valence-corrected chi connectivity index (χ3v) is 6.44. The Morgan fingerprint density at radius 1 is 1.32 bits per heavy atom. The van der Waals surface area contributed by atoms with Gasteiger partial charge >= 0.3 is 0 Å². The number of amides is 1. The number of likely N-dealkylation sites (tertiary alicyclic amines) is 1. The van der Waals surface area contributed by atoms with Gasteiger partial charge in [-0.05, 0) is 29.9 Å². The van der Waals surface area contributed by atoms with E-state index in [0.29, 0.717) is 23.2 Å². The first kappa shape index (κ1) is 19.1. The molecule has 0 bridgehead atoms. The molecule has 2 atom stereocenters. The quantitative estimate of drug-likeness (QED) is 0.781. The van der Waals surface area contributed by atoms with Crippen LogP contribution in [0.5, 0.6) is 0 Å². The first-order valence-electron chi connectivity index (χ1n) is 9.98. The van der Waals surface area contributed by atoms with E-state index in [1.54, 1.807) is 7.11 Å². The van der Waals surface area contributed by atoms with E-state index in [1.165, 1.54) is 0 Å². The van der Waals surface area contributed by atoms with Gasteiger partial charge < -0.3 is 14.2 Å². The molecule has 1 aliphatic carbocycles. The molecule has 6 nitrogen and oxygen atoms in total. The SMILES string of the molecule is COC[C@@]12CN(C(=O)c3ccc(-c4noc(C(C)C)n4)cc3)C[C@@H]1C(C)(C)C2. The predicted molar refractivity (Wildman–Crippen MR) is 106 cm³/mol. The standard InChI is InChI=1S/C22H29N3O3/c1-14(2)19-23-18(24-28-19)15-6-8-16(9-7-15)20(26)25-10-17-21(3,4)11-22(17,12-25)13-27-5/h6-9,14,17H,10-13H2,1-5H3/t17-,22-/m1/s1. The van der Waals surface area contributed by atoms with Crippen LogP contribution in [0.1, 0.15) is 56.3 Å². The number of hydrogen-bond acceptors (Lipinski definition) is 5. The zero-order chi connectivity index (χ0) is 20.1. The molecule has 1 aliphatic heterocycles. The third kappa shape index (κ3) is 3.04. The molecular weight excluding hydrogens is 354 g/mol. The lowest BCUT2D eigenvalue weighted by molar-refractivity contribution is -0.107. The fourth-order valence-electron chi connectivity index (χ4n) is 5.29. The number of fused-ring (bicyclic) bond motifs is 1. The molecule has 2 fully saturated rings. The summed E-state index contributed by atoms with van der Waals surface area (Å²) in [6, 6.07) is 7.50. The second kappa shape index (κ2) is 6.69. The molecule has 1 saturated carbocycles. The molecule has 28 heavy (non-hydrogen) atoms. The maximum Gasteiger partial charge on any atom is 0.253 e. The number of benzene rings is 1. The van der Waals surface area contributed by atoms with Crippen LogP contribution in [0.15, 0.2) is 28.8 Å². The van der Waals surface area contributed by atoms with Crippen molar-refractivity contribution in [3.63, 3.8) is 0 Å². The molecule has 2 heterocycles. The molecule has 1 saturated heterocycles. The summed E-state index contributed by atoms with van der Waals surface area (Å²) in [6.45, 7) is 10.9. The number of nitrogens with zero attached hydrogens (tertiary/aromatic N) is 3. The van der Waals surface area contributed by atoms with Crippen LogP contribution >= 0.6 is 0 Å². The average molecular weight is 383 g/mol. The molecule has 2 aliphatic rings. The highest BCUT2D eigenvalue weighted by Crippen LogP contribution is 2.62. The summed E-state index contributed by atoms with van der Waals surface area (Å²) in [4.78, 5) is 19.5. The fraction of sp³-hybridized carbons (Fsp3) is 0.591. The maximum atomic E-state index is 13.1. The van der Waals surface area contributed by atoms with Crippen LogP contribution in [0.2, 0.25) is 0 Å². The molecule has 4 rings (SSSR count). The van der Waals surface area contributed by atoms with E-state index in [9.17, 15) is 4.79 Å². The predicted octanol–water partition coefficient (Wildman–Crippen LogP) is 3.99. The van der Waals surface area contributed by atoms with Gasteiger partial charge in [0.25, 0.3) is 5.91 Å². The lowest BCUT2D eigenvalue weighted by Gasteiger charge is -2.56. The summed E-state index contributed by atoms with van der Waals surface area (Å²) in [5.74, 6) is 1.95. The van der Waals surface area contributed by atoms with Gasteiger partial charge in [0.1, 0.15) is 0 Å². The molecule has 0 spiro atoms. The molecule has 1 amide bonds. The van der Waals surface area contributed by atoms with Gasteiger partial charge in [0.2, 0.25) is 11.7 Å². The van der Waals surface area contributed by atoms with E-state index in [2.05, 4.69) is 24.0 Å². The number of ether oxygens (including phenoxy) is 1. The van der Waals surface area contributed by atoms with Crippen LogP contribution in [0, 0.1) is 16.7 Å². The van der Waals surface area contributed by atoms with Crippen LogP contribution in [0.3, 0.4) is 0 Å². The van der Waals surface area contributed by atoms with Crippen molar-refractivity contribution in [1.82, 2.24) is 15.0 Å². The molecule has 0 radical (unpaired) electrons. The zero-order valence-electron chi connectivity index (χ0n) is 17.4. The van der Waals surface area contributed by atoms with Gasteiger partial charge in [-0.15, -0.1) is 0 Å². The van der Waals surface area contributed by atoms with E-state index in [-0.39, 0.29) is 22.7 Å². The Labute approximate surface area is 166 Å². The van der Waals surface area contributed by atoms with Gasteiger partial charge in [-0.25, -0.2) is 0 Å². The van der Waals surface area contributed by atoms with Crippen molar-refractivity contribution in [2.75, 3.05) is 26.8 Å². The highest BCUT2D eigenvalue weighted by Gasteiger charge is 2.63. The molecule has 6 heteroatoms. The fourth-order valence-corrected chi connectivity index (χ4v) is 5.29. The van der Waals surface area contributed by atoms with Gasteiger partial charge in [-0.1, -0.05) is 45.0 Å². The Balaban J connectivity index is 1.50. The van der Waals surface area contributed by atoms with Crippen LogP contribution < -0.4 is 0 Å². The minimum absolute atomic E-state index is 0.0863. The minimum atomic E-state index is 0.0863. The lowest BCUT2D eigenvalue weighted by atomic mass is 9.48. The van der Waals surface area contributed by atoms with Crippen LogP contribution in [-0.4, -0.2) is 47.8 Å². The van der Waals surface area contributed by atoms with Crippen molar-refractivity contribution < 1.29 is 14.1 Å². The molecule has 2 aromatic rings. The highest BCUT2D eigenvalue weighted by atomic mass is 16.5. The number of hydrogen-bond donors (Lipinski definition) is 0. The first-order chi connectivity index (χ1) is 13.3. The van der Waals surface area contributed by atoms with Crippen molar-refractivity contribution in [2.45, 2.75) is 40.0 Å². The third-order valence-electron chi connectivity index (χ3n) is 6.44. The summed E-state index contributed by atoms with van der Waals surface area (Å²) in [6.07, 6.45) is 1.11. The molecule has 0 N–H and O–H groups in total. The normalized spacial score (nSPS) is 25.6. The van der Waals surface area contributed by atoms with Crippen LogP contribution in [0.4, 0.5) is 0 Å². The summed E-state index contributed by atoms with van der Waals surface area (Å²) in [5, 5.41) is 4.04. The minimum Gasteiger partial charge on any atom is -0.384 e. The van der Waals surface area contributed by atoms with Gasteiger partial charge in [0, 0.05) is 42.7 Å². The van der Waals surface area contributed by atoms with E-state index in [1.807, 2.05) is 43.0 Å². The van der Waals surface area contributed by atoms with Crippen LogP contribution in [0.25, 0.3) is 11.4 Å². The summed E-state index contributed by atoms with van der Waals surface area (Å²) < 4.78 is 10.8. The number of carbonyl (C=O) groups excluding carboxylic acids is 1. The topological polar surface area (TPSA) is 68.5 Å². The van der Waals surface area contributed by atoms with Gasteiger partial charge in [-0.2, -0.15) is 4.98 Å². The van der Waals surface area contributed by atoms with E-state index >= 15 is 0 Å². The van der Waals surface area contributed by atoms with Gasteiger partial charge in [0.15, 0.2) is 0 Å². The molecule has 0 unspecified atom stereocenters. The Morgan fingerprint density at radius 3 is 2.61 bits per heavy atom. The molecular formula is C22H29N3O3. The first-order valence-corrected chi connectivity index (χ1v) is 9.98. The maximum absolute atomic E-state index is 13.1. The second-order valence-electron chi connectivity index (χ2n) is 9.39. The monoisotopic (exact) mass is 383 g/mol. The second-order valence-corrected chi connectivity index (χ2v) is 9.39. The number of methoxy groups -OCH3 is 1.